The summed E-state index contributed by atoms with van der Waals surface area (Å²) in [4.78, 5) is 2.64. The molecule has 0 radical (unpaired) electrons. The number of hydrogen-bond donors (Lipinski definition) is 0. The molecule has 0 aromatic heterocycles. The van der Waals surface area contributed by atoms with Gasteiger partial charge in [0.15, 0.2) is 0 Å². The van der Waals surface area contributed by atoms with Crippen LogP contribution in [0.25, 0.3) is 0 Å². The van der Waals surface area contributed by atoms with Crippen LogP contribution in [-0.2, 0) is 0 Å². The molecule has 2 aliphatic heterocycles. The molecular formula is C12H24IN2+. The van der Waals surface area contributed by atoms with Gasteiger partial charge in [-0.05, 0) is 19.9 Å². The molecule has 2 rings (SSSR count). The molecular weight excluding hydrogens is 299 g/mol. The SMILES string of the molecule is CCCN1CC2(CC[N+](I)(CC)CC2)C1. The molecule has 0 aromatic carbocycles. The van der Waals surface area contributed by atoms with E-state index in [-0.39, 0.29) is 0 Å². The molecule has 2 nitrogen and oxygen atoms in total. The molecule has 2 aliphatic rings. The van der Waals surface area contributed by atoms with Gasteiger partial charge in [-0.1, -0.05) is 6.92 Å². The van der Waals surface area contributed by atoms with Crippen LogP contribution >= 0.6 is 22.9 Å². The van der Waals surface area contributed by atoms with E-state index in [0.29, 0.717) is 0 Å². The second-order valence-corrected chi connectivity index (χ2v) is 7.55. The van der Waals surface area contributed by atoms with Gasteiger partial charge < -0.3 is 4.90 Å². The van der Waals surface area contributed by atoms with Crippen molar-refractivity contribution in [1.82, 2.24) is 4.90 Å². The Balaban J connectivity index is 1.80. The molecule has 0 bridgehead atoms. The zero-order valence-corrected chi connectivity index (χ0v) is 12.3. The van der Waals surface area contributed by atoms with E-state index in [9.17, 15) is 0 Å². The minimum atomic E-state index is 0.733. The summed E-state index contributed by atoms with van der Waals surface area (Å²) in [5.41, 5.74) is 0.733. The highest BCUT2D eigenvalue weighted by Crippen LogP contribution is 2.43. The molecule has 88 valence electrons. The quantitative estimate of drug-likeness (QED) is 0.570. The average molecular weight is 323 g/mol. The van der Waals surface area contributed by atoms with Crippen LogP contribution in [0.15, 0.2) is 0 Å². The molecule has 1 spiro atoms. The third-order valence-corrected chi connectivity index (χ3v) is 5.96. The van der Waals surface area contributed by atoms with E-state index >= 15 is 0 Å². The molecule has 15 heavy (non-hydrogen) atoms. The van der Waals surface area contributed by atoms with Crippen LogP contribution < -0.4 is 0 Å². The van der Waals surface area contributed by atoms with Crippen LogP contribution in [0.4, 0.5) is 0 Å². The fourth-order valence-electron chi connectivity index (χ4n) is 3.12. The topological polar surface area (TPSA) is 3.24 Å². The number of piperidine rings is 1. The van der Waals surface area contributed by atoms with E-state index < -0.39 is 0 Å². The van der Waals surface area contributed by atoms with E-state index in [1.165, 1.54) is 61.2 Å². The first-order valence-corrected chi connectivity index (χ1v) is 7.36. The number of halogens is 1. The van der Waals surface area contributed by atoms with Crippen LogP contribution in [0.5, 0.6) is 0 Å². The minimum Gasteiger partial charge on any atom is -0.302 e. The maximum absolute atomic E-state index is 2.66. The molecule has 2 fully saturated rings. The van der Waals surface area contributed by atoms with Crippen molar-refractivity contribution in [1.29, 1.82) is 0 Å². The zero-order valence-electron chi connectivity index (χ0n) is 10.1. The summed E-state index contributed by atoms with van der Waals surface area (Å²) >= 11 is 2.66. The largest absolute Gasteiger partial charge is 0.302 e. The van der Waals surface area contributed by atoms with Gasteiger partial charge in [0.05, 0.1) is 19.6 Å². The predicted octanol–water partition coefficient (Wildman–Crippen LogP) is 2.68. The number of quaternary nitrogens is 1. The summed E-state index contributed by atoms with van der Waals surface area (Å²) in [5.74, 6) is 0. The van der Waals surface area contributed by atoms with Crippen molar-refractivity contribution in [2.45, 2.75) is 33.1 Å². The highest BCUT2D eigenvalue weighted by Gasteiger charge is 2.48. The van der Waals surface area contributed by atoms with Gasteiger partial charge in [0, 0.05) is 31.3 Å². The number of hydrogen-bond acceptors (Lipinski definition) is 1. The summed E-state index contributed by atoms with van der Waals surface area (Å²) < 4.78 is 1.29. The van der Waals surface area contributed by atoms with Crippen molar-refractivity contribution in [3.05, 3.63) is 0 Å². The normalized spacial score (nSPS) is 29.0. The van der Waals surface area contributed by atoms with Crippen molar-refractivity contribution in [2.75, 3.05) is 39.3 Å². The Morgan fingerprint density at radius 1 is 1.20 bits per heavy atom. The van der Waals surface area contributed by atoms with Crippen LogP contribution in [-0.4, -0.2) is 46.9 Å². The fourth-order valence-corrected chi connectivity index (χ4v) is 3.60. The number of rotatable bonds is 3. The molecule has 0 N–H and O–H groups in total. The summed E-state index contributed by atoms with van der Waals surface area (Å²) in [5, 5.41) is 0. The Morgan fingerprint density at radius 2 is 1.80 bits per heavy atom. The average Bonchev–Trinajstić information content (AvgIpc) is 2.20. The van der Waals surface area contributed by atoms with Gasteiger partial charge in [-0.2, -0.15) is 0 Å². The monoisotopic (exact) mass is 323 g/mol. The standard InChI is InChI=1S/C12H24IN2/c1-3-7-14-10-12(11-14)5-8-15(13,4-2)9-6-12/h3-11H2,1-2H3/q+1. The van der Waals surface area contributed by atoms with Crippen molar-refractivity contribution >= 4 is 22.9 Å². The molecule has 0 aliphatic carbocycles. The summed E-state index contributed by atoms with van der Waals surface area (Å²) in [7, 11) is 0. The Morgan fingerprint density at radius 3 is 2.27 bits per heavy atom. The van der Waals surface area contributed by atoms with Crippen LogP contribution in [0.3, 0.4) is 0 Å². The summed E-state index contributed by atoms with van der Waals surface area (Å²) in [6.07, 6.45) is 4.24. The van der Waals surface area contributed by atoms with Crippen LogP contribution in [0.1, 0.15) is 33.1 Å². The fraction of sp³-hybridized carbons (Fsp3) is 1.00. The number of likely N-dealkylation sites (tertiary alicyclic amines) is 2. The highest BCUT2D eigenvalue weighted by molar-refractivity contribution is 14.1. The molecule has 0 saturated carbocycles. The molecule has 0 amide bonds. The van der Waals surface area contributed by atoms with Gasteiger partial charge in [0.25, 0.3) is 0 Å². The highest BCUT2D eigenvalue weighted by atomic mass is 127. The molecule has 2 saturated heterocycles. The summed E-state index contributed by atoms with van der Waals surface area (Å²) in [6.45, 7) is 12.8. The van der Waals surface area contributed by atoms with Gasteiger partial charge in [-0.15, -0.1) is 0 Å². The van der Waals surface area contributed by atoms with Gasteiger partial charge in [-0.3, -0.25) is 2.70 Å². The van der Waals surface area contributed by atoms with Crippen molar-refractivity contribution in [3.63, 3.8) is 0 Å². The van der Waals surface area contributed by atoms with Gasteiger partial charge >= 0.3 is 0 Å². The molecule has 0 atom stereocenters. The second-order valence-electron chi connectivity index (χ2n) is 5.50. The lowest BCUT2D eigenvalue weighted by Crippen LogP contribution is -2.62. The lowest BCUT2D eigenvalue weighted by molar-refractivity contribution is -0.762. The lowest BCUT2D eigenvalue weighted by Gasteiger charge is -2.54. The Hall–Kier alpha value is 0.650. The van der Waals surface area contributed by atoms with Crippen LogP contribution in [0.2, 0.25) is 0 Å². The Kier molecular flexibility index (Phi) is 3.63. The Labute approximate surface area is 108 Å². The Bertz CT molecular complexity index is 214. The first kappa shape index (κ1) is 12.1. The van der Waals surface area contributed by atoms with Crippen LogP contribution in [0, 0.1) is 5.41 Å². The van der Waals surface area contributed by atoms with Crippen molar-refractivity contribution < 1.29 is 2.70 Å². The van der Waals surface area contributed by atoms with Gasteiger partial charge in [0.1, 0.15) is 0 Å². The smallest absolute Gasteiger partial charge is 0.248 e. The minimum absolute atomic E-state index is 0.733. The van der Waals surface area contributed by atoms with E-state index in [1.807, 2.05) is 0 Å². The first-order chi connectivity index (χ1) is 7.11. The molecule has 0 unspecified atom stereocenters. The lowest BCUT2D eigenvalue weighted by atomic mass is 9.72. The first-order valence-electron chi connectivity index (χ1n) is 6.39. The van der Waals surface area contributed by atoms with Crippen molar-refractivity contribution in [2.24, 2.45) is 5.41 Å². The van der Waals surface area contributed by atoms with E-state index in [4.69, 9.17) is 0 Å². The predicted molar refractivity (Wildman–Crippen MR) is 73.0 cm³/mol. The van der Waals surface area contributed by atoms with Gasteiger partial charge in [-0.25, -0.2) is 0 Å². The molecule has 3 heteroatoms. The van der Waals surface area contributed by atoms with E-state index in [2.05, 4.69) is 41.6 Å². The van der Waals surface area contributed by atoms with Crippen molar-refractivity contribution in [3.8, 4) is 0 Å². The third kappa shape index (κ3) is 2.50. The number of nitrogens with zero attached hydrogens (tertiary/aromatic N) is 2. The van der Waals surface area contributed by atoms with E-state index in [1.54, 1.807) is 0 Å². The molecule has 0 aromatic rings. The third-order valence-electron chi connectivity index (χ3n) is 4.31. The maximum Gasteiger partial charge on any atom is 0.248 e. The zero-order chi connectivity index (χ0) is 10.9. The second kappa shape index (κ2) is 4.49. The van der Waals surface area contributed by atoms with E-state index in [0.717, 1.165) is 5.41 Å². The van der Waals surface area contributed by atoms with Gasteiger partial charge in [0.2, 0.25) is 22.9 Å². The molecule has 2 heterocycles. The maximum atomic E-state index is 2.66. The summed E-state index contributed by atoms with van der Waals surface area (Å²) in [6, 6.07) is 0.